The first-order valence-electron chi connectivity index (χ1n) is 10.1. The molecule has 2 heterocycles. The minimum absolute atomic E-state index is 0.00945. The summed E-state index contributed by atoms with van der Waals surface area (Å²) in [4.78, 5) is 41.1. The fourth-order valence-corrected chi connectivity index (χ4v) is 5.03. The van der Waals surface area contributed by atoms with Gasteiger partial charge in [0, 0.05) is 32.6 Å². The van der Waals surface area contributed by atoms with Crippen molar-refractivity contribution in [2.24, 2.45) is 5.41 Å². The molecule has 3 amide bonds. The van der Waals surface area contributed by atoms with Crippen LogP contribution < -0.4 is 5.32 Å². The SMILES string of the molecule is CC[C@@]1(C(=O)N(C)Cc2ccc(C)cc2)C[C@@H]2CC[C@H]1N2C(=O)CNC(C)=O. The highest BCUT2D eigenvalue weighted by Gasteiger charge is 2.60. The summed E-state index contributed by atoms with van der Waals surface area (Å²) in [6.07, 6.45) is 3.23. The molecule has 0 aliphatic carbocycles. The molecule has 28 heavy (non-hydrogen) atoms. The molecule has 152 valence electrons. The van der Waals surface area contributed by atoms with E-state index >= 15 is 0 Å². The first-order chi connectivity index (χ1) is 13.3. The second-order valence-electron chi connectivity index (χ2n) is 8.32. The van der Waals surface area contributed by atoms with Gasteiger partial charge in [0.15, 0.2) is 0 Å². The lowest BCUT2D eigenvalue weighted by Gasteiger charge is -2.38. The third-order valence-electron chi connectivity index (χ3n) is 6.46. The van der Waals surface area contributed by atoms with E-state index in [2.05, 4.69) is 36.5 Å². The Hall–Kier alpha value is -2.37. The van der Waals surface area contributed by atoms with Crippen molar-refractivity contribution in [3.8, 4) is 0 Å². The highest BCUT2D eigenvalue weighted by molar-refractivity contribution is 5.88. The minimum Gasteiger partial charge on any atom is -0.347 e. The van der Waals surface area contributed by atoms with E-state index in [4.69, 9.17) is 0 Å². The van der Waals surface area contributed by atoms with Gasteiger partial charge in [0.25, 0.3) is 0 Å². The maximum absolute atomic E-state index is 13.5. The van der Waals surface area contributed by atoms with Gasteiger partial charge in [-0.05, 0) is 38.2 Å². The summed E-state index contributed by atoms with van der Waals surface area (Å²) in [7, 11) is 1.86. The molecule has 6 nitrogen and oxygen atoms in total. The van der Waals surface area contributed by atoms with Crippen molar-refractivity contribution in [3.63, 3.8) is 0 Å². The maximum Gasteiger partial charge on any atom is 0.242 e. The second kappa shape index (κ2) is 7.94. The summed E-state index contributed by atoms with van der Waals surface area (Å²) < 4.78 is 0. The molecule has 1 N–H and O–H groups in total. The van der Waals surface area contributed by atoms with Crippen LogP contribution >= 0.6 is 0 Å². The standard InChI is InChI=1S/C22H31N3O3/c1-5-22(21(28)24(4)14-17-8-6-15(2)7-9-17)12-18-10-11-19(22)25(18)20(27)13-23-16(3)26/h6-9,18-19H,5,10-14H2,1-4H3,(H,23,26)/t18-,19+,22+/m0/s1. The number of carbonyl (C=O) groups is 3. The molecule has 0 radical (unpaired) electrons. The van der Waals surface area contributed by atoms with E-state index in [1.165, 1.54) is 12.5 Å². The van der Waals surface area contributed by atoms with Crippen molar-refractivity contribution in [2.45, 2.75) is 65.1 Å². The number of nitrogens with zero attached hydrogens (tertiary/aromatic N) is 2. The maximum atomic E-state index is 13.5. The van der Waals surface area contributed by atoms with Crippen LogP contribution in [0.1, 0.15) is 50.7 Å². The fraction of sp³-hybridized carbons (Fsp3) is 0.591. The third-order valence-corrected chi connectivity index (χ3v) is 6.46. The van der Waals surface area contributed by atoms with Gasteiger partial charge < -0.3 is 15.1 Å². The van der Waals surface area contributed by atoms with Crippen LogP contribution in [-0.2, 0) is 20.9 Å². The Morgan fingerprint density at radius 2 is 1.89 bits per heavy atom. The van der Waals surface area contributed by atoms with E-state index in [-0.39, 0.29) is 36.3 Å². The lowest BCUT2D eigenvalue weighted by Crippen LogP contribution is -2.51. The van der Waals surface area contributed by atoms with Crippen LogP contribution in [0.2, 0.25) is 0 Å². The zero-order chi connectivity index (χ0) is 20.5. The molecular formula is C22H31N3O3. The summed E-state index contributed by atoms with van der Waals surface area (Å²) >= 11 is 0. The van der Waals surface area contributed by atoms with E-state index in [0.29, 0.717) is 6.54 Å². The van der Waals surface area contributed by atoms with E-state index in [1.54, 1.807) is 0 Å². The van der Waals surface area contributed by atoms with E-state index < -0.39 is 5.41 Å². The predicted octanol–water partition coefficient (Wildman–Crippen LogP) is 2.25. The van der Waals surface area contributed by atoms with Gasteiger partial charge in [-0.2, -0.15) is 0 Å². The molecule has 0 saturated carbocycles. The first-order valence-corrected chi connectivity index (χ1v) is 10.1. The normalized spacial score (nSPS) is 25.6. The van der Waals surface area contributed by atoms with Gasteiger partial charge in [-0.3, -0.25) is 14.4 Å². The van der Waals surface area contributed by atoms with Gasteiger partial charge in [-0.25, -0.2) is 0 Å². The predicted molar refractivity (Wildman–Crippen MR) is 107 cm³/mol. The monoisotopic (exact) mass is 385 g/mol. The van der Waals surface area contributed by atoms with Crippen LogP contribution in [0.3, 0.4) is 0 Å². The Kier molecular flexibility index (Phi) is 5.77. The Morgan fingerprint density at radius 1 is 1.21 bits per heavy atom. The Balaban J connectivity index is 1.75. The summed E-state index contributed by atoms with van der Waals surface area (Å²) in [6, 6.07) is 8.26. The van der Waals surface area contributed by atoms with Crippen LogP contribution in [0.15, 0.2) is 24.3 Å². The molecule has 1 aromatic carbocycles. The summed E-state index contributed by atoms with van der Waals surface area (Å²) in [5.74, 6) is -0.164. The quantitative estimate of drug-likeness (QED) is 0.817. The van der Waals surface area contributed by atoms with Crippen molar-refractivity contribution in [2.75, 3.05) is 13.6 Å². The molecule has 3 atom stereocenters. The van der Waals surface area contributed by atoms with Crippen molar-refractivity contribution >= 4 is 17.7 Å². The second-order valence-corrected chi connectivity index (χ2v) is 8.32. The van der Waals surface area contributed by atoms with Crippen LogP contribution in [0.5, 0.6) is 0 Å². The average Bonchev–Trinajstić information content (AvgIpc) is 3.23. The Labute approximate surface area is 167 Å². The number of rotatable bonds is 6. The zero-order valence-corrected chi connectivity index (χ0v) is 17.3. The largest absolute Gasteiger partial charge is 0.347 e. The number of hydrogen-bond acceptors (Lipinski definition) is 3. The number of amides is 3. The number of aryl methyl sites for hydroxylation is 1. The molecule has 0 aromatic heterocycles. The Morgan fingerprint density at radius 3 is 2.50 bits per heavy atom. The van der Waals surface area contributed by atoms with Gasteiger partial charge in [0.2, 0.25) is 17.7 Å². The van der Waals surface area contributed by atoms with Crippen LogP contribution in [0, 0.1) is 12.3 Å². The smallest absolute Gasteiger partial charge is 0.242 e. The minimum atomic E-state index is -0.520. The van der Waals surface area contributed by atoms with Crippen LogP contribution in [-0.4, -0.2) is 53.2 Å². The zero-order valence-electron chi connectivity index (χ0n) is 17.3. The van der Waals surface area contributed by atoms with Crippen molar-refractivity contribution in [3.05, 3.63) is 35.4 Å². The van der Waals surface area contributed by atoms with Crippen molar-refractivity contribution in [1.82, 2.24) is 15.1 Å². The fourth-order valence-electron chi connectivity index (χ4n) is 5.03. The number of carbonyl (C=O) groups excluding carboxylic acids is 3. The lowest BCUT2D eigenvalue weighted by atomic mass is 9.71. The van der Waals surface area contributed by atoms with Crippen molar-refractivity contribution < 1.29 is 14.4 Å². The number of hydrogen-bond donors (Lipinski definition) is 1. The van der Waals surface area contributed by atoms with Gasteiger partial charge in [-0.15, -0.1) is 0 Å². The van der Waals surface area contributed by atoms with Crippen LogP contribution in [0.4, 0.5) is 0 Å². The number of benzene rings is 1. The van der Waals surface area contributed by atoms with Gasteiger partial charge in [-0.1, -0.05) is 36.8 Å². The van der Waals surface area contributed by atoms with E-state index in [9.17, 15) is 14.4 Å². The summed E-state index contributed by atoms with van der Waals surface area (Å²) in [5, 5.41) is 2.60. The van der Waals surface area contributed by atoms with Gasteiger partial charge in [0.1, 0.15) is 0 Å². The summed E-state index contributed by atoms with van der Waals surface area (Å²) in [6.45, 7) is 6.08. The Bertz CT molecular complexity index is 761. The number of nitrogens with one attached hydrogen (secondary N) is 1. The molecule has 2 bridgehead atoms. The van der Waals surface area contributed by atoms with Gasteiger partial charge >= 0.3 is 0 Å². The van der Waals surface area contributed by atoms with Crippen LogP contribution in [0.25, 0.3) is 0 Å². The van der Waals surface area contributed by atoms with Crippen molar-refractivity contribution in [1.29, 1.82) is 0 Å². The molecule has 2 saturated heterocycles. The molecule has 3 rings (SSSR count). The molecule has 2 fully saturated rings. The third kappa shape index (κ3) is 3.64. The average molecular weight is 386 g/mol. The highest BCUT2D eigenvalue weighted by atomic mass is 16.2. The van der Waals surface area contributed by atoms with E-state index in [0.717, 1.165) is 31.2 Å². The lowest BCUT2D eigenvalue weighted by molar-refractivity contribution is -0.145. The molecule has 0 spiro atoms. The van der Waals surface area contributed by atoms with E-state index in [1.807, 2.05) is 23.8 Å². The molecule has 2 aliphatic heterocycles. The molecule has 1 aromatic rings. The molecule has 2 aliphatic rings. The molecule has 6 heteroatoms. The van der Waals surface area contributed by atoms with Gasteiger partial charge in [0.05, 0.1) is 12.0 Å². The molecular weight excluding hydrogens is 354 g/mol. The number of fused-ring (bicyclic) bond motifs is 2. The first kappa shape index (κ1) is 20.4. The molecule has 0 unspecified atom stereocenters. The summed E-state index contributed by atoms with van der Waals surface area (Å²) in [5.41, 5.74) is 1.78. The highest BCUT2D eigenvalue weighted by Crippen LogP contribution is 2.52. The topological polar surface area (TPSA) is 69.7 Å².